The van der Waals surface area contributed by atoms with E-state index < -0.39 is 0 Å². The number of amides is 1. The molecule has 2 heterocycles. The second-order valence-corrected chi connectivity index (χ2v) is 5.60. The predicted molar refractivity (Wildman–Crippen MR) is 79.7 cm³/mol. The van der Waals surface area contributed by atoms with Gasteiger partial charge in [-0.3, -0.25) is 4.79 Å². The van der Waals surface area contributed by atoms with E-state index in [1.54, 1.807) is 4.90 Å². The molecular formula is C15H20N4O. The minimum Gasteiger partial charge on any atom is -0.349 e. The van der Waals surface area contributed by atoms with E-state index in [-0.39, 0.29) is 11.8 Å². The molecule has 0 bridgehead atoms. The van der Waals surface area contributed by atoms with Crippen LogP contribution in [0.15, 0.2) is 24.3 Å². The van der Waals surface area contributed by atoms with Crippen LogP contribution in [0, 0.1) is 5.92 Å². The summed E-state index contributed by atoms with van der Waals surface area (Å²) in [5.74, 6) is 1.17. The molecule has 1 aromatic carbocycles. The van der Waals surface area contributed by atoms with Gasteiger partial charge < -0.3 is 14.8 Å². The van der Waals surface area contributed by atoms with Crippen LogP contribution < -0.4 is 4.90 Å². The maximum absolute atomic E-state index is 12.1. The van der Waals surface area contributed by atoms with Gasteiger partial charge in [0.2, 0.25) is 11.9 Å². The molecule has 106 valence electrons. The third-order valence-electron chi connectivity index (χ3n) is 3.89. The van der Waals surface area contributed by atoms with Crippen molar-refractivity contribution < 1.29 is 4.79 Å². The van der Waals surface area contributed by atoms with Gasteiger partial charge in [-0.1, -0.05) is 12.1 Å². The standard InChI is InChI=1S/C15H20N4O/c1-18(2)14(20)11-6-5-9-19(10-11)15-16-12-7-3-4-8-13(12)17-15/h3-4,7-8,11H,5-6,9-10H2,1-2H3,(H,16,17). The normalized spacial score (nSPS) is 19.3. The molecule has 0 spiro atoms. The van der Waals surface area contributed by atoms with E-state index in [1.165, 1.54) is 0 Å². The summed E-state index contributed by atoms with van der Waals surface area (Å²) in [4.78, 5) is 24.0. The summed E-state index contributed by atoms with van der Waals surface area (Å²) in [6, 6.07) is 8.01. The average Bonchev–Trinajstić information content (AvgIpc) is 2.90. The summed E-state index contributed by atoms with van der Waals surface area (Å²) in [7, 11) is 3.64. The van der Waals surface area contributed by atoms with Crippen molar-refractivity contribution in [2.45, 2.75) is 12.8 Å². The number of piperidine rings is 1. The van der Waals surface area contributed by atoms with E-state index in [9.17, 15) is 4.79 Å². The van der Waals surface area contributed by atoms with Crippen molar-refractivity contribution in [3.8, 4) is 0 Å². The fourth-order valence-corrected chi connectivity index (χ4v) is 2.83. The Balaban J connectivity index is 1.81. The number of imidazole rings is 1. The number of benzene rings is 1. The van der Waals surface area contributed by atoms with Crippen LogP contribution in [0.5, 0.6) is 0 Å². The molecule has 1 aromatic heterocycles. The number of hydrogen-bond acceptors (Lipinski definition) is 3. The van der Waals surface area contributed by atoms with Gasteiger partial charge in [0, 0.05) is 27.2 Å². The van der Waals surface area contributed by atoms with Crippen LogP contribution in [-0.2, 0) is 4.79 Å². The first kappa shape index (κ1) is 13.0. The van der Waals surface area contributed by atoms with Crippen molar-refractivity contribution in [1.29, 1.82) is 0 Å². The predicted octanol–water partition coefficient (Wildman–Crippen LogP) is 1.87. The first-order chi connectivity index (χ1) is 9.65. The Morgan fingerprint density at radius 1 is 1.40 bits per heavy atom. The molecule has 1 amide bonds. The highest BCUT2D eigenvalue weighted by Gasteiger charge is 2.28. The lowest BCUT2D eigenvalue weighted by molar-refractivity contribution is -0.133. The number of rotatable bonds is 2. The maximum Gasteiger partial charge on any atom is 0.226 e. The minimum absolute atomic E-state index is 0.0759. The maximum atomic E-state index is 12.1. The Kier molecular flexibility index (Phi) is 3.34. The fraction of sp³-hybridized carbons (Fsp3) is 0.467. The van der Waals surface area contributed by atoms with Gasteiger partial charge in [-0.15, -0.1) is 0 Å². The zero-order valence-electron chi connectivity index (χ0n) is 12.0. The number of H-pyrrole nitrogens is 1. The molecule has 1 atom stereocenters. The third-order valence-corrected chi connectivity index (χ3v) is 3.89. The number of hydrogen-bond donors (Lipinski definition) is 1. The number of anilines is 1. The summed E-state index contributed by atoms with van der Waals surface area (Å²) in [5.41, 5.74) is 2.02. The van der Waals surface area contributed by atoms with Crippen molar-refractivity contribution in [3.05, 3.63) is 24.3 Å². The van der Waals surface area contributed by atoms with E-state index >= 15 is 0 Å². The molecule has 1 N–H and O–H groups in total. The van der Waals surface area contributed by atoms with Crippen molar-refractivity contribution in [1.82, 2.24) is 14.9 Å². The van der Waals surface area contributed by atoms with E-state index in [1.807, 2.05) is 38.4 Å². The smallest absolute Gasteiger partial charge is 0.226 e. The zero-order valence-corrected chi connectivity index (χ0v) is 12.0. The van der Waals surface area contributed by atoms with Gasteiger partial charge in [-0.25, -0.2) is 4.98 Å². The molecular weight excluding hydrogens is 252 g/mol. The molecule has 1 aliphatic rings. The van der Waals surface area contributed by atoms with E-state index in [2.05, 4.69) is 14.9 Å². The average molecular weight is 272 g/mol. The number of para-hydroxylation sites is 2. The molecule has 2 aromatic rings. The summed E-state index contributed by atoms with van der Waals surface area (Å²) < 4.78 is 0. The largest absolute Gasteiger partial charge is 0.349 e. The first-order valence-electron chi connectivity index (χ1n) is 7.06. The van der Waals surface area contributed by atoms with Gasteiger partial charge in [-0.05, 0) is 25.0 Å². The SMILES string of the molecule is CN(C)C(=O)C1CCCN(c2nc3ccccc3[nH]2)C1. The zero-order chi connectivity index (χ0) is 14.1. The van der Waals surface area contributed by atoms with Crippen LogP contribution in [0.1, 0.15) is 12.8 Å². The van der Waals surface area contributed by atoms with Crippen LogP contribution in [0.3, 0.4) is 0 Å². The van der Waals surface area contributed by atoms with Crippen LogP contribution in [0.25, 0.3) is 11.0 Å². The van der Waals surface area contributed by atoms with Gasteiger partial charge in [-0.2, -0.15) is 0 Å². The van der Waals surface area contributed by atoms with Gasteiger partial charge in [0.1, 0.15) is 0 Å². The minimum atomic E-state index is 0.0759. The molecule has 1 saturated heterocycles. The highest BCUT2D eigenvalue weighted by molar-refractivity contribution is 5.80. The first-order valence-corrected chi connectivity index (χ1v) is 7.06. The summed E-state index contributed by atoms with van der Waals surface area (Å²) in [6.45, 7) is 1.70. The van der Waals surface area contributed by atoms with Crippen molar-refractivity contribution in [2.75, 3.05) is 32.1 Å². The number of carbonyl (C=O) groups excluding carboxylic acids is 1. The molecule has 1 fully saturated rings. The molecule has 0 saturated carbocycles. The van der Waals surface area contributed by atoms with Crippen molar-refractivity contribution in [3.63, 3.8) is 0 Å². The number of aromatic amines is 1. The summed E-state index contributed by atoms with van der Waals surface area (Å²) >= 11 is 0. The second kappa shape index (κ2) is 5.15. The van der Waals surface area contributed by atoms with Gasteiger partial charge in [0.05, 0.1) is 17.0 Å². The highest BCUT2D eigenvalue weighted by Crippen LogP contribution is 2.24. The van der Waals surface area contributed by atoms with Crippen LogP contribution >= 0.6 is 0 Å². The number of fused-ring (bicyclic) bond motifs is 1. The lowest BCUT2D eigenvalue weighted by Gasteiger charge is -2.32. The molecule has 1 aliphatic heterocycles. The fourth-order valence-electron chi connectivity index (χ4n) is 2.83. The van der Waals surface area contributed by atoms with Gasteiger partial charge in [0.15, 0.2) is 0 Å². The van der Waals surface area contributed by atoms with Crippen LogP contribution in [-0.4, -0.2) is 48.0 Å². The molecule has 0 aliphatic carbocycles. The van der Waals surface area contributed by atoms with Crippen molar-refractivity contribution >= 4 is 22.9 Å². The second-order valence-electron chi connectivity index (χ2n) is 5.60. The number of aromatic nitrogens is 2. The Hall–Kier alpha value is -2.04. The third kappa shape index (κ3) is 2.35. The highest BCUT2D eigenvalue weighted by atomic mass is 16.2. The number of nitrogens with one attached hydrogen (secondary N) is 1. The number of carbonyl (C=O) groups is 1. The van der Waals surface area contributed by atoms with Gasteiger partial charge in [0.25, 0.3) is 0 Å². The van der Waals surface area contributed by atoms with Crippen LogP contribution in [0.2, 0.25) is 0 Å². The van der Waals surface area contributed by atoms with E-state index in [0.717, 1.165) is 42.9 Å². The number of nitrogens with zero attached hydrogens (tertiary/aromatic N) is 3. The Labute approximate surface area is 118 Å². The molecule has 20 heavy (non-hydrogen) atoms. The Bertz CT molecular complexity index is 586. The lowest BCUT2D eigenvalue weighted by Crippen LogP contribution is -2.43. The van der Waals surface area contributed by atoms with E-state index in [0.29, 0.717) is 0 Å². The topological polar surface area (TPSA) is 52.2 Å². The molecule has 5 heteroatoms. The van der Waals surface area contributed by atoms with Crippen LogP contribution in [0.4, 0.5) is 5.95 Å². The van der Waals surface area contributed by atoms with Gasteiger partial charge >= 0.3 is 0 Å². The van der Waals surface area contributed by atoms with E-state index in [4.69, 9.17) is 0 Å². The quantitative estimate of drug-likeness (QED) is 0.908. The summed E-state index contributed by atoms with van der Waals surface area (Å²) in [6.07, 6.45) is 2.00. The molecule has 5 nitrogen and oxygen atoms in total. The lowest BCUT2D eigenvalue weighted by atomic mass is 9.97. The Morgan fingerprint density at radius 2 is 2.20 bits per heavy atom. The monoisotopic (exact) mass is 272 g/mol. The summed E-state index contributed by atoms with van der Waals surface area (Å²) in [5, 5.41) is 0. The Morgan fingerprint density at radius 3 is 2.95 bits per heavy atom. The molecule has 3 rings (SSSR count). The van der Waals surface area contributed by atoms with Crippen molar-refractivity contribution in [2.24, 2.45) is 5.92 Å². The molecule has 0 radical (unpaired) electrons. The molecule has 1 unspecified atom stereocenters.